The van der Waals surface area contributed by atoms with Crippen LogP contribution in [-0.4, -0.2) is 34.6 Å². The molecule has 5 nitrogen and oxygen atoms in total. The first-order valence-electron chi connectivity index (χ1n) is 8.31. The molecular weight excluding hydrogens is 304 g/mol. The summed E-state index contributed by atoms with van der Waals surface area (Å²) in [4.78, 5) is 26.9. The van der Waals surface area contributed by atoms with Crippen molar-refractivity contribution in [2.24, 2.45) is 0 Å². The van der Waals surface area contributed by atoms with E-state index in [1.54, 1.807) is 15.5 Å². The lowest BCUT2D eigenvalue weighted by molar-refractivity contribution is 0.0770. The molecule has 1 atom stereocenters. The zero-order valence-corrected chi connectivity index (χ0v) is 14.1. The van der Waals surface area contributed by atoms with Gasteiger partial charge >= 0.3 is 0 Å². The highest BCUT2D eigenvalue weighted by atomic mass is 16.5. The van der Waals surface area contributed by atoms with Crippen molar-refractivity contribution >= 4 is 5.91 Å². The maximum atomic E-state index is 12.7. The van der Waals surface area contributed by atoms with E-state index < -0.39 is 0 Å². The highest BCUT2D eigenvalue weighted by Crippen LogP contribution is 2.19. The third-order valence-corrected chi connectivity index (χ3v) is 4.42. The van der Waals surface area contributed by atoms with Gasteiger partial charge in [-0.15, -0.1) is 0 Å². The van der Waals surface area contributed by atoms with E-state index in [0.29, 0.717) is 19.6 Å². The fourth-order valence-electron chi connectivity index (χ4n) is 3.10. The number of hydrogen-bond acceptors (Lipinski definition) is 3. The predicted molar refractivity (Wildman–Crippen MR) is 92.5 cm³/mol. The Bertz CT molecular complexity index is 783. The molecule has 0 N–H and O–H groups in total. The van der Waals surface area contributed by atoms with Gasteiger partial charge in [-0.3, -0.25) is 9.59 Å². The van der Waals surface area contributed by atoms with Crippen LogP contribution in [-0.2, 0) is 6.54 Å². The summed E-state index contributed by atoms with van der Waals surface area (Å²) in [6.07, 6.45) is 0.740. The third kappa shape index (κ3) is 3.20. The number of rotatable bonds is 4. The average molecular weight is 326 g/mol. The molecule has 1 aromatic heterocycles. The van der Waals surface area contributed by atoms with E-state index in [2.05, 4.69) is 0 Å². The van der Waals surface area contributed by atoms with E-state index >= 15 is 0 Å². The average Bonchev–Trinajstić information content (AvgIpc) is 3.04. The van der Waals surface area contributed by atoms with Crippen LogP contribution in [0.2, 0.25) is 0 Å². The van der Waals surface area contributed by atoms with Crippen LogP contribution >= 0.6 is 0 Å². The Morgan fingerprint density at radius 2 is 1.96 bits per heavy atom. The van der Waals surface area contributed by atoms with Crippen molar-refractivity contribution in [1.82, 2.24) is 9.47 Å². The Labute approximate surface area is 141 Å². The molecule has 126 valence electrons. The molecule has 5 heteroatoms. The Kier molecular flexibility index (Phi) is 4.69. The van der Waals surface area contributed by atoms with E-state index in [1.165, 1.54) is 0 Å². The maximum Gasteiger partial charge on any atom is 0.263 e. The molecule has 0 unspecified atom stereocenters. The number of aromatic nitrogens is 1. The lowest BCUT2D eigenvalue weighted by Crippen LogP contribution is -2.36. The van der Waals surface area contributed by atoms with E-state index in [1.807, 2.05) is 50.2 Å². The molecule has 0 spiro atoms. The largest absolute Gasteiger partial charge is 0.489 e. The number of ether oxygens (including phenoxy) is 1. The minimum absolute atomic E-state index is 0.0322. The maximum absolute atomic E-state index is 12.7. The minimum Gasteiger partial charge on any atom is -0.489 e. The number of para-hydroxylation sites is 1. The van der Waals surface area contributed by atoms with Crippen molar-refractivity contribution in [2.45, 2.75) is 32.9 Å². The van der Waals surface area contributed by atoms with Gasteiger partial charge in [-0.2, -0.15) is 0 Å². The summed E-state index contributed by atoms with van der Waals surface area (Å²) in [6.45, 7) is 5.45. The number of carbonyl (C=O) groups is 1. The molecule has 3 rings (SSSR count). The number of likely N-dealkylation sites (tertiary alicyclic amines) is 1. The van der Waals surface area contributed by atoms with Crippen molar-refractivity contribution in [3.63, 3.8) is 0 Å². The molecule has 0 saturated carbocycles. The van der Waals surface area contributed by atoms with Gasteiger partial charge in [-0.05, 0) is 38.1 Å². The van der Waals surface area contributed by atoms with Crippen molar-refractivity contribution in [3.05, 3.63) is 64.1 Å². The lowest BCUT2D eigenvalue weighted by Gasteiger charge is -2.18. The van der Waals surface area contributed by atoms with Crippen molar-refractivity contribution in [1.29, 1.82) is 0 Å². The molecule has 1 saturated heterocycles. The second kappa shape index (κ2) is 6.91. The van der Waals surface area contributed by atoms with Crippen LogP contribution in [0.1, 0.15) is 29.4 Å². The fourth-order valence-corrected chi connectivity index (χ4v) is 3.10. The number of nitrogens with zero attached hydrogens (tertiary/aromatic N) is 2. The Hall–Kier alpha value is -2.56. The highest BCUT2D eigenvalue weighted by molar-refractivity contribution is 5.94. The standard InChI is InChI=1S/C19H22N2O3/c1-3-21-14(2)9-10-17(19(21)23)18(22)20-12-11-16(13-20)24-15-7-5-4-6-8-15/h4-10,16H,3,11-13H2,1-2H3/t16-/m0/s1. The molecular formula is C19H22N2O3. The molecule has 24 heavy (non-hydrogen) atoms. The Morgan fingerprint density at radius 3 is 2.67 bits per heavy atom. The highest BCUT2D eigenvalue weighted by Gasteiger charge is 2.29. The number of benzene rings is 1. The predicted octanol–water partition coefficient (Wildman–Crippen LogP) is 2.47. The molecule has 1 amide bonds. The fraction of sp³-hybridized carbons (Fsp3) is 0.368. The van der Waals surface area contributed by atoms with Gasteiger partial charge in [-0.1, -0.05) is 18.2 Å². The Balaban J connectivity index is 1.72. The monoisotopic (exact) mass is 326 g/mol. The second-order valence-electron chi connectivity index (χ2n) is 6.03. The van der Waals surface area contributed by atoms with Crippen LogP contribution in [0.25, 0.3) is 0 Å². The van der Waals surface area contributed by atoms with E-state index in [-0.39, 0.29) is 23.1 Å². The smallest absolute Gasteiger partial charge is 0.263 e. The Morgan fingerprint density at radius 1 is 1.21 bits per heavy atom. The summed E-state index contributed by atoms with van der Waals surface area (Å²) in [5.74, 6) is 0.599. The molecule has 1 aliphatic heterocycles. The summed E-state index contributed by atoms with van der Waals surface area (Å²) in [6, 6.07) is 13.1. The molecule has 0 bridgehead atoms. The number of amides is 1. The van der Waals surface area contributed by atoms with Gasteiger partial charge in [0.15, 0.2) is 0 Å². The first-order valence-corrected chi connectivity index (χ1v) is 8.31. The SMILES string of the molecule is CCn1c(C)ccc(C(=O)N2CC[C@H](Oc3ccccc3)C2)c1=O. The molecule has 0 aliphatic carbocycles. The summed E-state index contributed by atoms with van der Waals surface area (Å²) in [5.41, 5.74) is 0.892. The van der Waals surface area contributed by atoms with Gasteiger partial charge in [0.25, 0.3) is 11.5 Å². The van der Waals surface area contributed by atoms with Crippen molar-refractivity contribution in [3.8, 4) is 5.75 Å². The third-order valence-electron chi connectivity index (χ3n) is 4.42. The normalized spacial score (nSPS) is 17.1. The molecule has 1 aliphatic rings. The van der Waals surface area contributed by atoms with E-state index in [0.717, 1.165) is 17.9 Å². The molecule has 2 aromatic rings. The van der Waals surface area contributed by atoms with Crippen LogP contribution in [0.3, 0.4) is 0 Å². The molecule has 1 aromatic carbocycles. The second-order valence-corrected chi connectivity index (χ2v) is 6.03. The quantitative estimate of drug-likeness (QED) is 0.867. The number of aryl methyl sites for hydroxylation is 1. The number of pyridine rings is 1. The van der Waals surface area contributed by atoms with Gasteiger partial charge in [0, 0.05) is 25.2 Å². The van der Waals surface area contributed by atoms with Crippen molar-refractivity contribution < 1.29 is 9.53 Å². The zero-order valence-electron chi connectivity index (χ0n) is 14.1. The van der Waals surface area contributed by atoms with Crippen molar-refractivity contribution in [2.75, 3.05) is 13.1 Å². The van der Waals surface area contributed by atoms with Crippen LogP contribution in [0.5, 0.6) is 5.75 Å². The summed E-state index contributed by atoms with van der Waals surface area (Å²) in [7, 11) is 0. The van der Waals surface area contributed by atoms with Crippen LogP contribution in [0.15, 0.2) is 47.3 Å². The summed E-state index contributed by atoms with van der Waals surface area (Å²) in [5, 5.41) is 0. The first kappa shape index (κ1) is 16.3. The number of hydrogen-bond donors (Lipinski definition) is 0. The van der Waals surface area contributed by atoms with Crippen LogP contribution < -0.4 is 10.3 Å². The summed E-state index contributed by atoms with van der Waals surface area (Å²) >= 11 is 0. The van der Waals surface area contributed by atoms with Gasteiger partial charge in [0.1, 0.15) is 17.4 Å². The summed E-state index contributed by atoms with van der Waals surface area (Å²) < 4.78 is 7.53. The van der Waals surface area contributed by atoms with Crippen LogP contribution in [0.4, 0.5) is 0 Å². The molecule has 2 heterocycles. The molecule has 1 fully saturated rings. The first-order chi connectivity index (χ1) is 11.6. The van der Waals surface area contributed by atoms with E-state index in [9.17, 15) is 9.59 Å². The topological polar surface area (TPSA) is 51.5 Å². The van der Waals surface area contributed by atoms with Gasteiger partial charge in [0.2, 0.25) is 0 Å². The van der Waals surface area contributed by atoms with Gasteiger partial charge in [0.05, 0.1) is 6.54 Å². The number of carbonyl (C=O) groups excluding carboxylic acids is 1. The lowest BCUT2D eigenvalue weighted by atomic mass is 10.2. The minimum atomic E-state index is -0.213. The van der Waals surface area contributed by atoms with Gasteiger partial charge in [-0.25, -0.2) is 0 Å². The van der Waals surface area contributed by atoms with E-state index in [4.69, 9.17) is 4.74 Å². The van der Waals surface area contributed by atoms with Crippen LogP contribution in [0, 0.1) is 6.92 Å². The zero-order chi connectivity index (χ0) is 17.1. The van der Waals surface area contributed by atoms with Gasteiger partial charge < -0.3 is 14.2 Å². The molecule has 0 radical (unpaired) electrons.